The van der Waals surface area contributed by atoms with Gasteiger partial charge in [0.2, 0.25) is 5.28 Å². The van der Waals surface area contributed by atoms with E-state index in [9.17, 15) is 18.0 Å². The first kappa shape index (κ1) is 11.2. The first-order valence-corrected chi connectivity index (χ1v) is 3.88. The van der Waals surface area contributed by atoms with Crippen molar-refractivity contribution in [3.8, 4) is 0 Å². The van der Waals surface area contributed by atoms with Crippen LogP contribution in [0.2, 0.25) is 5.28 Å². The minimum atomic E-state index is -4.69. The van der Waals surface area contributed by atoms with Crippen LogP contribution in [0.15, 0.2) is 6.07 Å². The van der Waals surface area contributed by atoms with Gasteiger partial charge in [0, 0.05) is 0 Å². The molecule has 1 heterocycles. The number of nitrogens with zero attached hydrogens (tertiary/aromatic N) is 2. The zero-order chi connectivity index (χ0) is 10.9. The number of halogens is 5. The Morgan fingerprint density at radius 1 is 1.36 bits per heavy atom. The Morgan fingerprint density at radius 3 is 2.36 bits per heavy atom. The lowest BCUT2D eigenvalue weighted by molar-refractivity contribution is -0.141. The van der Waals surface area contributed by atoms with E-state index in [0.717, 1.165) is 0 Å². The number of hydrogen-bond acceptors (Lipinski definition) is 3. The molecular weight excluding hydrogens is 244 g/mol. The summed E-state index contributed by atoms with van der Waals surface area (Å²) in [7, 11) is 0. The van der Waals surface area contributed by atoms with E-state index in [1.54, 1.807) is 0 Å². The second-order valence-electron chi connectivity index (χ2n) is 2.18. The highest BCUT2D eigenvalue weighted by Crippen LogP contribution is 2.28. The van der Waals surface area contributed by atoms with Gasteiger partial charge in [-0.2, -0.15) is 13.2 Å². The van der Waals surface area contributed by atoms with Crippen molar-refractivity contribution in [1.82, 2.24) is 9.97 Å². The predicted octanol–water partition coefficient (Wildman–Crippen LogP) is 2.53. The largest absolute Gasteiger partial charge is 0.433 e. The van der Waals surface area contributed by atoms with E-state index in [-0.39, 0.29) is 0 Å². The Hall–Kier alpha value is -0.880. The van der Waals surface area contributed by atoms with Crippen LogP contribution in [-0.2, 0) is 6.18 Å². The van der Waals surface area contributed by atoms with Crippen LogP contribution >= 0.6 is 23.2 Å². The van der Waals surface area contributed by atoms with Gasteiger partial charge in [-0.3, -0.25) is 4.79 Å². The quantitative estimate of drug-likeness (QED) is 0.563. The van der Waals surface area contributed by atoms with Crippen molar-refractivity contribution in [3.05, 3.63) is 22.7 Å². The third-order valence-corrected chi connectivity index (χ3v) is 1.55. The summed E-state index contributed by atoms with van der Waals surface area (Å²) in [5.74, 6) is 0. The molecule has 8 heteroatoms. The molecule has 0 amide bonds. The van der Waals surface area contributed by atoms with E-state index in [1.807, 2.05) is 0 Å². The highest BCUT2D eigenvalue weighted by molar-refractivity contribution is 6.67. The van der Waals surface area contributed by atoms with Crippen molar-refractivity contribution >= 4 is 28.4 Å². The van der Waals surface area contributed by atoms with E-state index in [0.29, 0.717) is 6.07 Å². The van der Waals surface area contributed by atoms with Gasteiger partial charge in [-0.25, -0.2) is 9.97 Å². The number of carbonyl (C=O) groups is 1. The maximum absolute atomic E-state index is 12.1. The summed E-state index contributed by atoms with van der Waals surface area (Å²) in [6.07, 6.45) is -4.69. The van der Waals surface area contributed by atoms with Crippen LogP contribution in [0, 0.1) is 0 Å². The Bertz CT molecular complexity index is 380. The molecule has 0 atom stereocenters. The van der Waals surface area contributed by atoms with Crippen LogP contribution in [-0.4, -0.2) is 15.2 Å². The summed E-state index contributed by atoms with van der Waals surface area (Å²) in [5, 5.41) is -1.80. The van der Waals surface area contributed by atoms with Gasteiger partial charge < -0.3 is 0 Å². The summed E-state index contributed by atoms with van der Waals surface area (Å²) in [4.78, 5) is 16.7. The van der Waals surface area contributed by atoms with E-state index in [2.05, 4.69) is 9.97 Å². The number of carbonyl (C=O) groups excluding carboxylic acids is 1. The molecule has 1 aromatic heterocycles. The standard InChI is InChI=1S/C6HCl2F3N2O/c7-4(14)2-1-3(6(9,10)11)13-5(8)12-2/h1H. The topological polar surface area (TPSA) is 42.9 Å². The van der Waals surface area contributed by atoms with Gasteiger partial charge in [0.25, 0.3) is 5.24 Å². The van der Waals surface area contributed by atoms with E-state index < -0.39 is 28.1 Å². The zero-order valence-corrected chi connectivity index (χ0v) is 7.78. The summed E-state index contributed by atoms with van der Waals surface area (Å²) >= 11 is 10.1. The van der Waals surface area contributed by atoms with Crippen molar-refractivity contribution in [1.29, 1.82) is 0 Å². The molecule has 0 radical (unpaired) electrons. The lowest BCUT2D eigenvalue weighted by Crippen LogP contribution is -2.11. The van der Waals surface area contributed by atoms with Crippen molar-refractivity contribution < 1.29 is 18.0 Å². The second kappa shape index (κ2) is 3.70. The fraction of sp³-hybridized carbons (Fsp3) is 0.167. The first-order chi connectivity index (χ1) is 6.30. The minimum absolute atomic E-state index is 0.432. The maximum atomic E-state index is 12.1. The molecule has 0 saturated heterocycles. The molecule has 1 aromatic rings. The van der Waals surface area contributed by atoms with E-state index >= 15 is 0 Å². The molecule has 0 N–H and O–H groups in total. The zero-order valence-electron chi connectivity index (χ0n) is 6.27. The molecule has 0 unspecified atom stereocenters. The average Bonchev–Trinajstić information content (AvgIpc) is 2.01. The molecule has 0 bridgehead atoms. The molecule has 14 heavy (non-hydrogen) atoms. The second-order valence-corrected chi connectivity index (χ2v) is 2.86. The number of hydrogen-bond donors (Lipinski definition) is 0. The van der Waals surface area contributed by atoms with Gasteiger partial charge in [-0.1, -0.05) is 0 Å². The Labute approximate surface area is 85.9 Å². The predicted molar refractivity (Wildman–Crippen MR) is 42.2 cm³/mol. The fourth-order valence-electron chi connectivity index (χ4n) is 0.664. The smallest absolute Gasteiger partial charge is 0.274 e. The summed E-state index contributed by atoms with van der Waals surface area (Å²) in [6, 6.07) is 0.432. The van der Waals surface area contributed by atoms with Crippen molar-refractivity contribution in [3.63, 3.8) is 0 Å². The third kappa shape index (κ3) is 2.55. The minimum Gasteiger partial charge on any atom is -0.274 e. The van der Waals surface area contributed by atoms with Gasteiger partial charge in [0.15, 0.2) is 0 Å². The molecule has 3 nitrogen and oxygen atoms in total. The third-order valence-electron chi connectivity index (χ3n) is 1.19. The van der Waals surface area contributed by atoms with Crippen LogP contribution in [0.5, 0.6) is 0 Å². The molecule has 1 rings (SSSR count). The van der Waals surface area contributed by atoms with Gasteiger partial charge in [-0.05, 0) is 29.3 Å². The average molecular weight is 245 g/mol. The number of alkyl halides is 3. The molecule has 0 fully saturated rings. The lowest BCUT2D eigenvalue weighted by Gasteiger charge is -2.05. The van der Waals surface area contributed by atoms with Crippen molar-refractivity contribution in [2.24, 2.45) is 0 Å². The van der Waals surface area contributed by atoms with Crippen molar-refractivity contribution in [2.75, 3.05) is 0 Å². The van der Waals surface area contributed by atoms with Gasteiger partial charge in [-0.15, -0.1) is 0 Å². The first-order valence-electron chi connectivity index (χ1n) is 3.12. The molecule has 0 aliphatic heterocycles. The fourth-order valence-corrected chi connectivity index (χ4v) is 0.943. The van der Waals surface area contributed by atoms with Crippen LogP contribution in [0.25, 0.3) is 0 Å². The maximum Gasteiger partial charge on any atom is 0.433 e. The molecule has 0 aliphatic rings. The Morgan fingerprint density at radius 2 is 1.93 bits per heavy atom. The van der Waals surface area contributed by atoms with Gasteiger partial charge >= 0.3 is 6.18 Å². The number of rotatable bonds is 1. The van der Waals surface area contributed by atoms with Crippen LogP contribution in [0.4, 0.5) is 13.2 Å². The summed E-state index contributed by atoms with van der Waals surface area (Å²) in [6.45, 7) is 0. The highest BCUT2D eigenvalue weighted by Gasteiger charge is 2.34. The summed E-state index contributed by atoms with van der Waals surface area (Å²) < 4.78 is 36.3. The Kier molecular flexibility index (Phi) is 2.96. The van der Waals surface area contributed by atoms with Crippen molar-refractivity contribution in [2.45, 2.75) is 6.18 Å². The van der Waals surface area contributed by atoms with Gasteiger partial charge in [0.05, 0.1) is 0 Å². The van der Waals surface area contributed by atoms with E-state index in [4.69, 9.17) is 23.2 Å². The molecular formula is C6HCl2F3N2O. The lowest BCUT2D eigenvalue weighted by atomic mass is 10.3. The number of aromatic nitrogens is 2. The Balaban J connectivity index is 3.28. The van der Waals surface area contributed by atoms with Crippen LogP contribution < -0.4 is 0 Å². The molecule has 0 spiro atoms. The van der Waals surface area contributed by atoms with Crippen LogP contribution in [0.1, 0.15) is 16.2 Å². The monoisotopic (exact) mass is 244 g/mol. The molecule has 0 aromatic carbocycles. The van der Waals surface area contributed by atoms with Gasteiger partial charge in [0.1, 0.15) is 11.4 Å². The normalized spacial score (nSPS) is 11.5. The SMILES string of the molecule is O=C(Cl)c1cc(C(F)(F)F)nc(Cl)n1. The molecule has 0 saturated carbocycles. The molecule has 76 valence electrons. The molecule has 0 aliphatic carbocycles. The highest BCUT2D eigenvalue weighted by atomic mass is 35.5. The van der Waals surface area contributed by atoms with E-state index in [1.165, 1.54) is 0 Å². The van der Waals surface area contributed by atoms with Crippen LogP contribution in [0.3, 0.4) is 0 Å². The summed E-state index contributed by atoms with van der Waals surface area (Å²) in [5.41, 5.74) is -1.89.